The number of nitriles is 1. The van der Waals surface area contributed by atoms with E-state index in [1.54, 1.807) is 6.07 Å². The van der Waals surface area contributed by atoms with Gasteiger partial charge in [0, 0.05) is 16.7 Å². The number of rotatable bonds is 3. The summed E-state index contributed by atoms with van der Waals surface area (Å²) in [5, 5.41) is 21.2. The summed E-state index contributed by atoms with van der Waals surface area (Å²) < 4.78 is 0. The molecule has 0 N–H and O–H groups in total. The lowest BCUT2D eigenvalue weighted by Crippen LogP contribution is -2.28. The minimum absolute atomic E-state index is 0.0576. The summed E-state index contributed by atoms with van der Waals surface area (Å²) in [4.78, 5) is 10.7. The fraction of sp³-hybridized carbons (Fsp3) is 0.533. The van der Waals surface area contributed by atoms with Crippen LogP contribution in [0.25, 0.3) is 0 Å². The Morgan fingerprint density at radius 2 is 2.35 bits per heavy atom. The van der Waals surface area contributed by atoms with Crippen molar-refractivity contribution in [2.24, 2.45) is 11.3 Å². The Morgan fingerprint density at radius 3 is 2.95 bits per heavy atom. The van der Waals surface area contributed by atoms with E-state index in [1.165, 1.54) is 12.1 Å². The number of nitro benzene ring substituents is 1. The van der Waals surface area contributed by atoms with Crippen LogP contribution in [0.15, 0.2) is 18.2 Å². The molecule has 0 aromatic heterocycles. The summed E-state index contributed by atoms with van der Waals surface area (Å²) in [7, 11) is 0. The quantitative estimate of drug-likeness (QED) is 0.608. The minimum Gasteiger partial charge on any atom is -0.258 e. The predicted molar refractivity (Wildman–Crippen MR) is 77.5 cm³/mol. The highest BCUT2D eigenvalue weighted by Crippen LogP contribution is 2.43. The third-order valence-electron chi connectivity index (χ3n) is 4.10. The van der Waals surface area contributed by atoms with Crippen LogP contribution in [0.2, 0.25) is 5.02 Å². The molecule has 4 nitrogen and oxygen atoms in total. The van der Waals surface area contributed by atoms with Crippen LogP contribution in [-0.4, -0.2) is 4.92 Å². The van der Waals surface area contributed by atoms with Crippen molar-refractivity contribution in [2.75, 3.05) is 0 Å². The highest BCUT2D eigenvalue weighted by Gasteiger charge is 2.37. The third kappa shape index (κ3) is 3.10. The van der Waals surface area contributed by atoms with Crippen LogP contribution >= 0.6 is 11.6 Å². The molecule has 1 fully saturated rings. The van der Waals surface area contributed by atoms with Crippen LogP contribution in [0.4, 0.5) is 5.69 Å². The van der Waals surface area contributed by atoms with Crippen molar-refractivity contribution < 1.29 is 4.92 Å². The lowest BCUT2D eigenvalue weighted by atomic mass is 9.68. The van der Waals surface area contributed by atoms with Gasteiger partial charge in [0.15, 0.2) is 0 Å². The van der Waals surface area contributed by atoms with Crippen molar-refractivity contribution in [1.82, 2.24) is 0 Å². The fourth-order valence-electron chi connectivity index (χ4n) is 3.20. The molecule has 2 rings (SSSR count). The monoisotopic (exact) mass is 292 g/mol. The second-order valence-corrected chi connectivity index (χ2v) is 6.24. The summed E-state index contributed by atoms with van der Waals surface area (Å²) in [6, 6.07) is 6.98. The number of nitro groups is 1. The topological polar surface area (TPSA) is 66.9 Å². The Bertz CT molecular complexity index is 567. The molecule has 5 heteroatoms. The number of hydrogen-bond donors (Lipinski definition) is 0. The fourth-order valence-corrected chi connectivity index (χ4v) is 3.39. The molecule has 1 aliphatic rings. The maximum Gasteiger partial charge on any atom is 0.272 e. The van der Waals surface area contributed by atoms with Gasteiger partial charge in [-0.15, -0.1) is 0 Å². The smallest absolute Gasteiger partial charge is 0.258 e. The molecule has 0 aliphatic heterocycles. The molecule has 0 spiro atoms. The zero-order chi connectivity index (χ0) is 14.8. The van der Waals surface area contributed by atoms with Gasteiger partial charge in [0.05, 0.1) is 16.4 Å². The molecule has 2 atom stereocenters. The van der Waals surface area contributed by atoms with Crippen LogP contribution in [-0.2, 0) is 6.42 Å². The maximum absolute atomic E-state index is 11.1. The van der Waals surface area contributed by atoms with E-state index < -0.39 is 10.3 Å². The molecule has 0 amide bonds. The first kappa shape index (κ1) is 14.8. The first-order chi connectivity index (χ1) is 9.46. The molecule has 2 unspecified atom stereocenters. The molecule has 1 saturated carbocycles. The molecule has 1 aromatic rings. The van der Waals surface area contributed by atoms with E-state index in [0.717, 1.165) is 25.7 Å². The van der Waals surface area contributed by atoms with Gasteiger partial charge in [-0.2, -0.15) is 5.26 Å². The molecule has 1 aliphatic carbocycles. The standard InChI is InChI=1S/C15H17ClN2O2/c1-11-3-2-6-15(8-11,10-17)9-12-7-13(16)4-5-14(12)18(19)20/h4-5,7,11H,2-3,6,8-9H2,1H3. The van der Waals surface area contributed by atoms with E-state index in [0.29, 0.717) is 22.9 Å². The molecule has 0 radical (unpaired) electrons. The van der Waals surface area contributed by atoms with Gasteiger partial charge in [0.25, 0.3) is 5.69 Å². The third-order valence-corrected chi connectivity index (χ3v) is 4.33. The normalized spacial score (nSPS) is 25.9. The summed E-state index contributed by atoms with van der Waals surface area (Å²) in [5.41, 5.74) is 0.132. The van der Waals surface area contributed by atoms with E-state index in [9.17, 15) is 15.4 Å². The lowest BCUT2D eigenvalue weighted by Gasteiger charge is -2.34. The minimum atomic E-state index is -0.493. The van der Waals surface area contributed by atoms with Crippen LogP contribution in [0.1, 0.15) is 38.2 Å². The first-order valence-electron chi connectivity index (χ1n) is 6.80. The van der Waals surface area contributed by atoms with Crippen molar-refractivity contribution in [3.63, 3.8) is 0 Å². The predicted octanol–water partition coefficient (Wildman–Crippen LogP) is 4.51. The molecule has 0 bridgehead atoms. The van der Waals surface area contributed by atoms with Gasteiger partial charge in [0.2, 0.25) is 0 Å². The molecule has 0 saturated heterocycles. The molecular formula is C15H17ClN2O2. The molecule has 0 heterocycles. The second-order valence-electron chi connectivity index (χ2n) is 5.80. The Kier molecular flexibility index (Phi) is 4.29. The number of hydrogen-bond acceptors (Lipinski definition) is 3. The number of halogens is 1. The van der Waals surface area contributed by atoms with E-state index in [1.807, 2.05) is 0 Å². The summed E-state index contributed by atoms with van der Waals surface area (Å²) in [5.74, 6) is 0.488. The van der Waals surface area contributed by atoms with Gasteiger partial charge >= 0.3 is 0 Å². The lowest BCUT2D eigenvalue weighted by molar-refractivity contribution is -0.385. The zero-order valence-electron chi connectivity index (χ0n) is 11.4. The summed E-state index contributed by atoms with van der Waals surface area (Å²) >= 11 is 5.95. The number of benzene rings is 1. The van der Waals surface area contributed by atoms with Crippen LogP contribution in [0.5, 0.6) is 0 Å². The first-order valence-corrected chi connectivity index (χ1v) is 7.18. The summed E-state index contributed by atoms with van der Waals surface area (Å²) in [6.45, 7) is 2.14. The van der Waals surface area contributed by atoms with Gasteiger partial charge < -0.3 is 0 Å². The molecule has 106 valence electrons. The van der Waals surface area contributed by atoms with Crippen molar-refractivity contribution in [1.29, 1.82) is 5.26 Å². The average Bonchev–Trinajstić information content (AvgIpc) is 2.38. The van der Waals surface area contributed by atoms with Crippen molar-refractivity contribution >= 4 is 17.3 Å². The highest BCUT2D eigenvalue weighted by molar-refractivity contribution is 6.30. The van der Waals surface area contributed by atoms with Crippen LogP contribution < -0.4 is 0 Å². The maximum atomic E-state index is 11.1. The van der Waals surface area contributed by atoms with E-state index >= 15 is 0 Å². The van der Waals surface area contributed by atoms with Gasteiger partial charge in [-0.3, -0.25) is 10.1 Å². The zero-order valence-corrected chi connectivity index (χ0v) is 12.2. The van der Waals surface area contributed by atoms with Gasteiger partial charge in [-0.05, 0) is 37.3 Å². The van der Waals surface area contributed by atoms with Crippen LogP contribution in [0.3, 0.4) is 0 Å². The van der Waals surface area contributed by atoms with E-state index in [2.05, 4.69) is 13.0 Å². The van der Waals surface area contributed by atoms with Gasteiger partial charge in [-0.25, -0.2) is 0 Å². The van der Waals surface area contributed by atoms with E-state index in [4.69, 9.17) is 11.6 Å². The van der Waals surface area contributed by atoms with Crippen LogP contribution in [0, 0.1) is 32.8 Å². The Labute approximate surface area is 123 Å². The van der Waals surface area contributed by atoms with Gasteiger partial charge in [0.1, 0.15) is 0 Å². The number of nitrogens with zero attached hydrogens (tertiary/aromatic N) is 2. The van der Waals surface area contributed by atoms with Crippen molar-refractivity contribution in [3.05, 3.63) is 38.9 Å². The van der Waals surface area contributed by atoms with Crippen molar-refractivity contribution in [3.8, 4) is 6.07 Å². The second kappa shape index (κ2) is 5.80. The Hall–Kier alpha value is -1.60. The largest absolute Gasteiger partial charge is 0.272 e. The van der Waals surface area contributed by atoms with Crippen molar-refractivity contribution in [2.45, 2.75) is 39.0 Å². The molecular weight excluding hydrogens is 276 g/mol. The van der Waals surface area contributed by atoms with Gasteiger partial charge in [-0.1, -0.05) is 31.4 Å². The summed E-state index contributed by atoms with van der Waals surface area (Å²) in [6.07, 6.45) is 4.14. The average molecular weight is 293 g/mol. The van der Waals surface area contributed by atoms with E-state index in [-0.39, 0.29) is 5.69 Å². The Morgan fingerprint density at radius 1 is 1.60 bits per heavy atom. The highest BCUT2D eigenvalue weighted by atomic mass is 35.5. The molecule has 1 aromatic carbocycles. The Balaban J connectivity index is 2.34. The molecule has 20 heavy (non-hydrogen) atoms. The SMILES string of the molecule is CC1CCCC(C#N)(Cc2cc(Cl)ccc2[N+](=O)[O-])C1.